The fourth-order valence-electron chi connectivity index (χ4n) is 12.5. The van der Waals surface area contributed by atoms with E-state index in [1.54, 1.807) is 0 Å². The molecule has 0 amide bonds. The van der Waals surface area contributed by atoms with Crippen molar-refractivity contribution < 1.29 is 0 Å². The first-order valence-electron chi connectivity index (χ1n) is 29.2. The lowest BCUT2D eigenvalue weighted by molar-refractivity contribution is 0.121. The molecule has 0 N–H and O–H groups in total. The average Bonchev–Trinajstić information content (AvgIpc) is 3.65. The van der Waals surface area contributed by atoms with Crippen LogP contribution in [0.2, 0.25) is 0 Å². The van der Waals surface area contributed by atoms with E-state index in [4.69, 9.17) is 29.9 Å². The Balaban J connectivity index is 0.915. The second kappa shape index (κ2) is 24.7. The van der Waals surface area contributed by atoms with Gasteiger partial charge in [-0.25, -0.2) is 0 Å². The molecule has 81 heavy (non-hydrogen) atoms. The Morgan fingerprint density at radius 3 is 0.827 bits per heavy atom. The second-order valence-electron chi connectivity index (χ2n) is 25.0. The molecule has 1 aliphatic carbocycles. The summed E-state index contributed by atoms with van der Waals surface area (Å²) in [6.45, 7) is 20.7. The largest absolute Gasteiger partial charge is 0.261 e. The van der Waals surface area contributed by atoms with Crippen LogP contribution in [-0.2, 0) is 19.3 Å². The molecule has 408 valence electrons. The van der Waals surface area contributed by atoms with E-state index in [0.29, 0.717) is 17.8 Å². The molecular formula is C75H78N6. The van der Waals surface area contributed by atoms with E-state index in [0.717, 1.165) is 89.4 Å². The normalized spacial score (nSPS) is 18.5. The number of benzene rings is 6. The molecule has 1 saturated carbocycles. The van der Waals surface area contributed by atoms with Crippen molar-refractivity contribution in [2.45, 2.75) is 101 Å². The van der Waals surface area contributed by atoms with Gasteiger partial charge in [0.15, 0.2) is 0 Å². The molecule has 10 rings (SSSR count). The monoisotopic (exact) mass is 1060 g/mol. The number of aromatic nitrogens is 3. The molecule has 3 aromatic heterocycles. The van der Waals surface area contributed by atoms with E-state index in [1.165, 1.54) is 50.1 Å². The molecule has 0 spiro atoms. The highest BCUT2D eigenvalue weighted by Gasteiger charge is 2.47. The van der Waals surface area contributed by atoms with Crippen LogP contribution in [0.4, 0.5) is 17.1 Å². The first kappa shape index (κ1) is 56.1. The third kappa shape index (κ3) is 14.2. The lowest BCUT2D eigenvalue weighted by Crippen LogP contribution is -2.44. The third-order valence-corrected chi connectivity index (χ3v) is 15.6. The fraction of sp³-hybridized carbons (Fsp3) is 0.280. The first-order chi connectivity index (χ1) is 39.1. The Kier molecular flexibility index (Phi) is 17.1. The van der Waals surface area contributed by atoms with E-state index in [9.17, 15) is 0 Å². The summed E-state index contributed by atoms with van der Waals surface area (Å²) in [7, 11) is 0. The van der Waals surface area contributed by atoms with Gasteiger partial charge in [0.1, 0.15) is 0 Å². The standard InChI is InChI=1S/C75H78N6/c1-52(2)37-61-40-70(76-43-67(61)55-19-13-10-14-20-55)58-25-31-64(32-26-58)79-49-73(7)46-74(8,50-80-65-33-27-59(28-34-65)71-41-62(38-53(3)4)68(44-77-71)56-21-15-11-16-22-56)48-75(9,47-73)51-81-66-35-29-60(30-36-66)72-42-63(39-54(5)6)69(45-78-72)57-23-17-12-18-24-57/h10-36,40-45,49-54H,37-39,46-48H2,1-9H3. The number of nitrogens with zero attached hydrogens (tertiary/aromatic N) is 6. The van der Waals surface area contributed by atoms with E-state index < -0.39 is 0 Å². The molecule has 0 radical (unpaired) electrons. The highest BCUT2D eigenvalue weighted by atomic mass is 14.8. The van der Waals surface area contributed by atoms with Gasteiger partial charge in [-0.2, -0.15) is 0 Å². The van der Waals surface area contributed by atoms with Gasteiger partial charge < -0.3 is 0 Å². The van der Waals surface area contributed by atoms with Gasteiger partial charge in [-0.1, -0.05) is 190 Å². The molecule has 6 nitrogen and oxygen atoms in total. The van der Waals surface area contributed by atoms with Crippen LogP contribution in [-0.4, -0.2) is 33.6 Å². The molecule has 0 atom stereocenters. The van der Waals surface area contributed by atoms with Crippen LogP contribution in [0.1, 0.15) is 98.3 Å². The lowest BCUT2D eigenvalue weighted by Gasteiger charge is -2.49. The molecule has 6 heteroatoms. The molecule has 9 aromatic rings. The van der Waals surface area contributed by atoms with Crippen LogP contribution in [0.15, 0.2) is 216 Å². The molecule has 1 aliphatic rings. The number of hydrogen-bond donors (Lipinski definition) is 0. The minimum atomic E-state index is -0.275. The quantitative estimate of drug-likeness (QED) is 0.0804. The van der Waals surface area contributed by atoms with Crippen LogP contribution >= 0.6 is 0 Å². The van der Waals surface area contributed by atoms with Crippen molar-refractivity contribution in [2.75, 3.05) is 0 Å². The maximum Gasteiger partial charge on any atom is 0.0705 e. The SMILES string of the molecule is CC(C)Cc1cc(-c2ccc(N=CC3(C)CC(C)(C=Nc4ccc(-c5cc(CC(C)C)c(-c6ccccc6)cn5)cc4)CC(C)(C=Nc4ccc(-c5cc(CC(C)C)c(-c6ccccc6)cn5)cc4)C3)cc2)ncc1-c1ccccc1. The Hall–Kier alpha value is -8.22. The first-order valence-corrected chi connectivity index (χ1v) is 29.2. The van der Waals surface area contributed by atoms with Crippen molar-refractivity contribution in [3.05, 3.63) is 217 Å². The second-order valence-corrected chi connectivity index (χ2v) is 25.0. The van der Waals surface area contributed by atoms with E-state index >= 15 is 0 Å². The number of hydrogen-bond acceptors (Lipinski definition) is 6. The van der Waals surface area contributed by atoms with Gasteiger partial charge in [0.25, 0.3) is 0 Å². The number of aliphatic imine (C=N–C) groups is 3. The van der Waals surface area contributed by atoms with Crippen molar-refractivity contribution in [1.82, 2.24) is 15.0 Å². The zero-order valence-electron chi connectivity index (χ0n) is 48.9. The topological polar surface area (TPSA) is 75.8 Å². The molecule has 0 aliphatic heterocycles. The van der Waals surface area contributed by atoms with Gasteiger partial charge in [-0.15, -0.1) is 0 Å². The number of rotatable bonds is 18. The third-order valence-electron chi connectivity index (χ3n) is 15.6. The van der Waals surface area contributed by atoms with Gasteiger partial charge in [0, 0.05) is 86.9 Å². The maximum absolute atomic E-state index is 5.23. The van der Waals surface area contributed by atoms with E-state index in [-0.39, 0.29) is 16.2 Å². The summed E-state index contributed by atoms with van der Waals surface area (Å²) in [6.07, 6.45) is 18.3. The predicted molar refractivity (Wildman–Crippen MR) is 344 cm³/mol. The van der Waals surface area contributed by atoms with Gasteiger partial charge in [0.2, 0.25) is 0 Å². The fourth-order valence-corrected chi connectivity index (χ4v) is 12.5. The van der Waals surface area contributed by atoms with Crippen LogP contribution in [0.5, 0.6) is 0 Å². The van der Waals surface area contributed by atoms with Crippen molar-refractivity contribution in [1.29, 1.82) is 0 Å². The van der Waals surface area contributed by atoms with Gasteiger partial charge in [0.05, 0.1) is 34.1 Å². The van der Waals surface area contributed by atoms with Crippen molar-refractivity contribution in [2.24, 2.45) is 49.0 Å². The smallest absolute Gasteiger partial charge is 0.0705 e. The van der Waals surface area contributed by atoms with Gasteiger partial charge >= 0.3 is 0 Å². The van der Waals surface area contributed by atoms with Crippen LogP contribution in [0.25, 0.3) is 67.2 Å². The van der Waals surface area contributed by atoms with Crippen molar-refractivity contribution >= 4 is 35.7 Å². The molecule has 1 fully saturated rings. The number of pyridine rings is 3. The molecule has 6 aromatic carbocycles. The van der Waals surface area contributed by atoms with Crippen LogP contribution in [0, 0.1) is 34.0 Å². The zero-order valence-corrected chi connectivity index (χ0v) is 48.9. The Morgan fingerprint density at radius 2 is 0.593 bits per heavy atom. The molecular weight excluding hydrogens is 985 g/mol. The van der Waals surface area contributed by atoms with Crippen molar-refractivity contribution in [3.63, 3.8) is 0 Å². The van der Waals surface area contributed by atoms with E-state index in [2.05, 4.69) is 263 Å². The summed E-state index contributed by atoms with van der Waals surface area (Å²) in [5.41, 5.74) is 19.2. The Morgan fingerprint density at radius 1 is 0.346 bits per heavy atom. The van der Waals surface area contributed by atoms with E-state index in [1.807, 2.05) is 18.6 Å². The van der Waals surface area contributed by atoms with Crippen molar-refractivity contribution in [3.8, 4) is 67.2 Å². The molecule has 3 heterocycles. The van der Waals surface area contributed by atoms with Gasteiger partial charge in [-0.05, 0) is 144 Å². The summed E-state index contributed by atoms with van der Waals surface area (Å²) in [5, 5.41) is 0. The average molecular weight is 1060 g/mol. The van der Waals surface area contributed by atoms with Crippen LogP contribution in [0.3, 0.4) is 0 Å². The molecule has 0 bridgehead atoms. The minimum absolute atomic E-state index is 0.275. The Labute approximate surface area is 482 Å². The minimum Gasteiger partial charge on any atom is -0.261 e. The predicted octanol–water partition coefficient (Wildman–Crippen LogP) is 20.2. The maximum atomic E-state index is 5.23. The molecule has 0 saturated heterocycles. The lowest BCUT2D eigenvalue weighted by atomic mass is 9.55. The summed E-state index contributed by atoms with van der Waals surface area (Å²) in [4.78, 5) is 30.6. The van der Waals surface area contributed by atoms with Crippen LogP contribution < -0.4 is 0 Å². The zero-order chi connectivity index (χ0) is 56.6. The molecule has 0 unspecified atom stereocenters. The highest BCUT2D eigenvalue weighted by molar-refractivity contribution is 5.81. The summed E-state index contributed by atoms with van der Waals surface area (Å²) < 4.78 is 0. The summed E-state index contributed by atoms with van der Waals surface area (Å²) in [6, 6.07) is 64.3. The highest BCUT2D eigenvalue weighted by Crippen LogP contribution is 2.53. The Bertz CT molecular complexity index is 3240. The summed E-state index contributed by atoms with van der Waals surface area (Å²) >= 11 is 0. The van der Waals surface area contributed by atoms with Gasteiger partial charge in [-0.3, -0.25) is 29.9 Å². The summed E-state index contributed by atoms with van der Waals surface area (Å²) in [5.74, 6) is 1.56.